The molecule has 0 radical (unpaired) electrons. The zero-order chi connectivity index (χ0) is 19.2. The van der Waals surface area contributed by atoms with Crippen LogP contribution in [0.15, 0.2) is 42.5 Å². The maximum atomic E-state index is 12.4. The normalized spacial score (nSPS) is 26.3. The van der Waals surface area contributed by atoms with Crippen LogP contribution in [-0.2, 0) is 9.59 Å². The van der Waals surface area contributed by atoms with Gasteiger partial charge in [0.05, 0.1) is 6.10 Å². The summed E-state index contributed by atoms with van der Waals surface area (Å²) in [5.41, 5.74) is 0.956. The minimum atomic E-state index is -0.772. The van der Waals surface area contributed by atoms with Crippen molar-refractivity contribution in [3.8, 4) is 0 Å². The van der Waals surface area contributed by atoms with Gasteiger partial charge in [-0.15, -0.1) is 0 Å². The number of piperidine rings is 1. The molecule has 4 atom stereocenters. The number of benzene rings is 1. The Kier molecular flexibility index (Phi) is 6.67. The van der Waals surface area contributed by atoms with Crippen molar-refractivity contribution >= 4 is 11.9 Å². The van der Waals surface area contributed by atoms with E-state index in [-0.39, 0.29) is 24.3 Å². The van der Waals surface area contributed by atoms with E-state index in [0.29, 0.717) is 25.3 Å². The largest absolute Gasteiger partial charge is 0.481 e. The third kappa shape index (κ3) is 5.19. The number of unbranched alkanes of at least 4 members (excludes halogenated alkanes) is 1. The monoisotopic (exact) mass is 371 g/mol. The molecule has 27 heavy (non-hydrogen) atoms. The van der Waals surface area contributed by atoms with Crippen LogP contribution in [0.2, 0.25) is 0 Å². The van der Waals surface area contributed by atoms with Crippen LogP contribution in [0, 0.1) is 11.8 Å². The summed E-state index contributed by atoms with van der Waals surface area (Å²) in [6, 6.07) is 9.97. The summed E-state index contributed by atoms with van der Waals surface area (Å²) in [5, 5.41) is 19.3. The highest BCUT2D eigenvalue weighted by Crippen LogP contribution is 2.52. The predicted octanol–water partition coefficient (Wildman–Crippen LogP) is 3.55. The lowest BCUT2D eigenvalue weighted by atomic mass is 9.94. The van der Waals surface area contributed by atoms with E-state index in [2.05, 4.69) is 0 Å². The summed E-state index contributed by atoms with van der Waals surface area (Å²) < 4.78 is 0. The van der Waals surface area contributed by atoms with Gasteiger partial charge in [-0.2, -0.15) is 0 Å². The second-order valence-corrected chi connectivity index (χ2v) is 7.68. The first kappa shape index (κ1) is 19.6. The number of aliphatic hydroxyl groups excluding tert-OH is 1. The fourth-order valence-corrected chi connectivity index (χ4v) is 4.24. The molecule has 1 aliphatic heterocycles. The number of carbonyl (C=O) groups is 2. The summed E-state index contributed by atoms with van der Waals surface area (Å²) in [7, 11) is 0. The first-order valence-electron chi connectivity index (χ1n) is 9.97. The number of rotatable bonds is 9. The van der Waals surface area contributed by atoms with Crippen molar-refractivity contribution in [2.75, 3.05) is 6.54 Å². The molecule has 1 aromatic carbocycles. The number of aliphatic hydroxyl groups is 1. The number of carboxylic acids is 1. The fourth-order valence-electron chi connectivity index (χ4n) is 4.24. The van der Waals surface area contributed by atoms with Gasteiger partial charge in [0, 0.05) is 25.4 Å². The number of hydrogen-bond donors (Lipinski definition) is 2. The lowest BCUT2D eigenvalue weighted by Gasteiger charge is -2.36. The van der Waals surface area contributed by atoms with E-state index in [9.17, 15) is 14.7 Å². The van der Waals surface area contributed by atoms with Crippen LogP contribution >= 0.6 is 0 Å². The molecule has 1 saturated heterocycles. The summed E-state index contributed by atoms with van der Waals surface area (Å²) in [5.74, 6) is 0.0166. The number of allylic oxidation sites excluding steroid dienone is 1. The fraction of sp³-hybridized carbons (Fsp3) is 0.545. The van der Waals surface area contributed by atoms with Gasteiger partial charge in [-0.05, 0) is 49.5 Å². The maximum absolute atomic E-state index is 12.4. The van der Waals surface area contributed by atoms with E-state index in [1.807, 2.05) is 47.4 Å². The molecular formula is C22H29NO4. The Balaban J connectivity index is 1.54. The zero-order valence-corrected chi connectivity index (χ0v) is 15.7. The minimum absolute atomic E-state index is 0.177. The third-order valence-corrected chi connectivity index (χ3v) is 5.77. The topological polar surface area (TPSA) is 77.8 Å². The average molecular weight is 371 g/mol. The molecule has 0 aromatic heterocycles. The van der Waals surface area contributed by atoms with Gasteiger partial charge < -0.3 is 15.1 Å². The van der Waals surface area contributed by atoms with Crippen LogP contribution in [0.25, 0.3) is 0 Å². The van der Waals surface area contributed by atoms with Crippen molar-refractivity contribution < 1.29 is 19.8 Å². The SMILES string of the molecule is O=C(O)CCC/C=C\CN1C(=O)CCC[C@@H]1[C@@H]1CC1C(O)c1ccccc1. The Morgan fingerprint density at radius 2 is 2.04 bits per heavy atom. The number of nitrogens with zero attached hydrogens (tertiary/aromatic N) is 1. The average Bonchev–Trinajstić information content (AvgIpc) is 3.46. The van der Waals surface area contributed by atoms with E-state index < -0.39 is 12.1 Å². The molecule has 1 heterocycles. The maximum Gasteiger partial charge on any atom is 0.303 e. The summed E-state index contributed by atoms with van der Waals surface area (Å²) in [6.07, 6.45) is 8.52. The molecule has 5 nitrogen and oxygen atoms in total. The summed E-state index contributed by atoms with van der Waals surface area (Å²) in [4.78, 5) is 25.0. The summed E-state index contributed by atoms with van der Waals surface area (Å²) >= 11 is 0. The molecule has 2 unspecified atom stereocenters. The lowest BCUT2D eigenvalue weighted by Crippen LogP contribution is -2.45. The molecule has 1 aliphatic carbocycles. The van der Waals surface area contributed by atoms with Crippen molar-refractivity contribution in [1.29, 1.82) is 0 Å². The van der Waals surface area contributed by atoms with Gasteiger partial charge in [0.2, 0.25) is 5.91 Å². The Morgan fingerprint density at radius 1 is 1.26 bits per heavy atom. The zero-order valence-electron chi connectivity index (χ0n) is 15.7. The van der Waals surface area contributed by atoms with Crippen molar-refractivity contribution in [3.05, 3.63) is 48.0 Å². The molecule has 3 rings (SSSR count). The Bertz CT molecular complexity index is 672. The Labute approximate surface area is 160 Å². The van der Waals surface area contributed by atoms with Crippen LogP contribution in [-0.4, -0.2) is 39.6 Å². The highest BCUT2D eigenvalue weighted by atomic mass is 16.4. The van der Waals surface area contributed by atoms with Gasteiger partial charge in [-0.25, -0.2) is 0 Å². The number of likely N-dealkylation sites (tertiary alicyclic amines) is 1. The van der Waals surface area contributed by atoms with Crippen molar-refractivity contribution in [1.82, 2.24) is 4.90 Å². The molecule has 146 valence electrons. The van der Waals surface area contributed by atoms with Gasteiger partial charge in [-0.1, -0.05) is 42.5 Å². The molecule has 2 fully saturated rings. The molecule has 0 spiro atoms. The van der Waals surface area contributed by atoms with Crippen molar-refractivity contribution in [2.24, 2.45) is 11.8 Å². The predicted molar refractivity (Wildman–Crippen MR) is 103 cm³/mol. The number of aliphatic carboxylic acids is 1. The van der Waals surface area contributed by atoms with Crippen molar-refractivity contribution in [3.63, 3.8) is 0 Å². The summed E-state index contributed by atoms with van der Waals surface area (Å²) in [6.45, 7) is 0.585. The van der Waals surface area contributed by atoms with Gasteiger partial charge in [-0.3, -0.25) is 9.59 Å². The highest BCUT2D eigenvalue weighted by Gasteiger charge is 2.50. The number of amides is 1. The Hall–Kier alpha value is -2.14. The van der Waals surface area contributed by atoms with Gasteiger partial charge in [0.25, 0.3) is 0 Å². The van der Waals surface area contributed by atoms with Crippen LogP contribution in [0.3, 0.4) is 0 Å². The quantitative estimate of drug-likeness (QED) is 0.514. The van der Waals surface area contributed by atoms with Crippen LogP contribution in [0.5, 0.6) is 0 Å². The molecule has 1 saturated carbocycles. The standard InChI is InChI=1S/C22H29NO4/c24-20-12-8-11-19(23(20)14-7-2-1-6-13-21(25)26)17-15-18(17)22(27)16-9-4-3-5-10-16/h2-5,7,9-10,17-19,22,27H,1,6,8,11-15H2,(H,25,26)/b7-2-/t17-,18?,19-,22?/m1/s1. The van der Waals surface area contributed by atoms with Gasteiger partial charge in [0.1, 0.15) is 0 Å². The molecule has 2 aliphatic rings. The van der Waals surface area contributed by atoms with Gasteiger partial charge in [0.15, 0.2) is 0 Å². The van der Waals surface area contributed by atoms with E-state index in [1.165, 1.54) is 0 Å². The first-order chi connectivity index (χ1) is 13.1. The highest BCUT2D eigenvalue weighted by molar-refractivity contribution is 5.77. The molecule has 1 amide bonds. The lowest BCUT2D eigenvalue weighted by molar-refractivity contribution is -0.137. The third-order valence-electron chi connectivity index (χ3n) is 5.77. The van der Waals surface area contributed by atoms with E-state index in [1.54, 1.807) is 0 Å². The van der Waals surface area contributed by atoms with E-state index in [0.717, 1.165) is 31.2 Å². The first-order valence-corrected chi connectivity index (χ1v) is 9.97. The number of carbonyl (C=O) groups excluding carboxylic acids is 1. The van der Waals surface area contributed by atoms with E-state index >= 15 is 0 Å². The number of hydrogen-bond acceptors (Lipinski definition) is 3. The van der Waals surface area contributed by atoms with E-state index in [4.69, 9.17) is 5.11 Å². The second-order valence-electron chi connectivity index (χ2n) is 7.68. The molecular weight excluding hydrogens is 342 g/mol. The molecule has 5 heteroatoms. The van der Waals surface area contributed by atoms with Crippen LogP contribution in [0.1, 0.15) is 56.6 Å². The Morgan fingerprint density at radius 3 is 2.78 bits per heavy atom. The molecule has 2 N–H and O–H groups in total. The van der Waals surface area contributed by atoms with Gasteiger partial charge >= 0.3 is 5.97 Å². The van der Waals surface area contributed by atoms with Crippen LogP contribution in [0.4, 0.5) is 0 Å². The minimum Gasteiger partial charge on any atom is -0.481 e. The van der Waals surface area contributed by atoms with Crippen molar-refractivity contribution in [2.45, 2.75) is 57.1 Å². The molecule has 1 aromatic rings. The smallest absolute Gasteiger partial charge is 0.303 e. The van der Waals surface area contributed by atoms with Crippen LogP contribution < -0.4 is 0 Å². The number of carboxylic acid groups (broad SMARTS) is 1. The second kappa shape index (κ2) is 9.18. The molecule has 0 bridgehead atoms.